The molecule has 5 heteroatoms. The molecule has 0 heterocycles. The highest BCUT2D eigenvalue weighted by Crippen LogP contribution is 2.15. The Morgan fingerprint density at radius 2 is 1.72 bits per heavy atom. The molecule has 0 aromatic heterocycles. The molecule has 0 spiro atoms. The molecule has 1 N–H and O–H groups in total. The van der Waals surface area contributed by atoms with Gasteiger partial charge >= 0.3 is 0 Å². The fraction of sp³-hybridized carbons (Fsp3) is 0. The lowest BCUT2D eigenvalue weighted by atomic mass is 10.2. The van der Waals surface area contributed by atoms with E-state index in [1.54, 1.807) is 18.2 Å². The van der Waals surface area contributed by atoms with Crippen molar-refractivity contribution >= 4 is 17.6 Å². The van der Waals surface area contributed by atoms with Gasteiger partial charge in [-0.05, 0) is 18.2 Å². The monoisotopic (exact) mass is 241 g/mol. The maximum atomic E-state index is 10.8. The average Bonchev–Trinajstić information content (AvgIpc) is 2.40. The van der Waals surface area contributed by atoms with Crippen LogP contribution < -0.4 is 5.43 Å². The molecule has 0 aliphatic heterocycles. The van der Waals surface area contributed by atoms with E-state index in [0.717, 1.165) is 5.69 Å². The Morgan fingerprint density at radius 3 is 2.44 bits per heavy atom. The Morgan fingerprint density at radius 1 is 1.06 bits per heavy atom. The van der Waals surface area contributed by atoms with E-state index in [0.29, 0.717) is 5.56 Å². The number of hydrazone groups is 1. The summed E-state index contributed by atoms with van der Waals surface area (Å²) >= 11 is 0. The van der Waals surface area contributed by atoms with Gasteiger partial charge in [-0.3, -0.25) is 15.5 Å². The highest BCUT2D eigenvalue weighted by molar-refractivity contribution is 5.85. The molecular formula is C13H11N3O2. The van der Waals surface area contributed by atoms with E-state index in [1.165, 1.54) is 12.3 Å². The number of para-hydroxylation sites is 2. The molecule has 5 nitrogen and oxygen atoms in total. The van der Waals surface area contributed by atoms with Gasteiger partial charge in [-0.15, -0.1) is 0 Å². The van der Waals surface area contributed by atoms with E-state index < -0.39 is 4.92 Å². The molecule has 0 atom stereocenters. The second-order valence-corrected chi connectivity index (χ2v) is 3.55. The minimum absolute atomic E-state index is 0.0381. The summed E-state index contributed by atoms with van der Waals surface area (Å²) in [5.41, 5.74) is 4.13. The van der Waals surface area contributed by atoms with Crippen LogP contribution >= 0.6 is 0 Å². The Bertz CT molecular complexity index is 567. The molecule has 18 heavy (non-hydrogen) atoms. The Labute approximate surface area is 104 Å². The second kappa shape index (κ2) is 5.58. The van der Waals surface area contributed by atoms with Gasteiger partial charge in [0.2, 0.25) is 0 Å². The maximum Gasteiger partial charge on any atom is 0.278 e. The second-order valence-electron chi connectivity index (χ2n) is 3.55. The fourth-order valence-electron chi connectivity index (χ4n) is 1.45. The summed E-state index contributed by atoms with van der Waals surface area (Å²) < 4.78 is 0. The maximum absolute atomic E-state index is 10.8. The van der Waals surface area contributed by atoms with E-state index in [2.05, 4.69) is 10.5 Å². The summed E-state index contributed by atoms with van der Waals surface area (Å²) in [6.45, 7) is 0. The average molecular weight is 241 g/mol. The van der Waals surface area contributed by atoms with Crippen molar-refractivity contribution in [3.8, 4) is 0 Å². The molecule has 90 valence electrons. The number of anilines is 1. The minimum atomic E-state index is -0.427. The Hall–Kier alpha value is -2.69. The molecule has 0 amide bonds. The smallest absolute Gasteiger partial charge is 0.278 e. The first-order valence-electron chi connectivity index (χ1n) is 5.35. The molecule has 0 radical (unpaired) electrons. The number of benzene rings is 2. The molecule has 0 aliphatic rings. The van der Waals surface area contributed by atoms with Crippen LogP contribution in [0.1, 0.15) is 5.56 Å². The van der Waals surface area contributed by atoms with Gasteiger partial charge in [0, 0.05) is 6.07 Å². The van der Waals surface area contributed by atoms with Crippen LogP contribution in [-0.2, 0) is 0 Å². The molecule has 0 fully saturated rings. The van der Waals surface area contributed by atoms with Crippen LogP contribution in [0.25, 0.3) is 0 Å². The van der Waals surface area contributed by atoms with Gasteiger partial charge < -0.3 is 0 Å². The predicted molar refractivity (Wildman–Crippen MR) is 70.8 cm³/mol. The van der Waals surface area contributed by atoms with Crippen molar-refractivity contribution in [2.75, 3.05) is 5.43 Å². The first-order valence-corrected chi connectivity index (χ1v) is 5.35. The first kappa shape index (κ1) is 11.8. The summed E-state index contributed by atoms with van der Waals surface area (Å²) in [6.07, 6.45) is 1.44. The standard InChI is InChI=1S/C13H11N3O2/c17-16(18)13-9-5-4-6-11(13)10-14-15-12-7-2-1-3-8-12/h1-10,15H/b14-10-. The zero-order valence-electron chi connectivity index (χ0n) is 9.48. The number of nitrogens with zero attached hydrogens (tertiary/aromatic N) is 2. The van der Waals surface area contributed by atoms with Crippen LogP contribution in [0.3, 0.4) is 0 Å². The lowest BCUT2D eigenvalue weighted by molar-refractivity contribution is -0.385. The minimum Gasteiger partial charge on any atom is -0.279 e. The van der Waals surface area contributed by atoms with Crippen molar-refractivity contribution in [2.24, 2.45) is 5.10 Å². The van der Waals surface area contributed by atoms with Crippen molar-refractivity contribution < 1.29 is 4.92 Å². The van der Waals surface area contributed by atoms with Crippen LogP contribution in [0.2, 0.25) is 0 Å². The summed E-state index contributed by atoms with van der Waals surface area (Å²) in [5, 5.41) is 14.8. The summed E-state index contributed by atoms with van der Waals surface area (Å²) in [6, 6.07) is 15.8. The van der Waals surface area contributed by atoms with Crippen LogP contribution in [-0.4, -0.2) is 11.1 Å². The number of rotatable bonds is 4. The van der Waals surface area contributed by atoms with E-state index in [-0.39, 0.29) is 5.69 Å². The SMILES string of the molecule is O=[N+]([O-])c1ccccc1/C=N\Nc1ccccc1. The van der Waals surface area contributed by atoms with Gasteiger partial charge in [-0.25, -0.2) is 0 Å². The van der Waals surface area contributed by atoms with Gasteiger partial charge in [0.25, 0.3) is 5.69 Å². The molecule has 0 unspecified atom stereocenters. The van der Waals surface area contributed by atoms with Crippen LogP contribution in [0.5, 0.6) is 0 Å². The number of nitro benzene ring substituents is 1. The van der Waals surface area contributed by atoms with Crippen LogP contribution in [0.4, 0.5) is 11.4 Å². The Balaban J connectivity index is 2.12. The normalized spacial score (nSPS) is 10.4. The van der Waals surface area contributed by atoms with E-state index in [1.807, 2.05) is 30.3 Å². The fourth-order valence-corrected chi connectivity index (χ4v) is 1.45. The van der Waals surface area contributed by atoms with Crippen molar-refractivity contribution in [1.29, 1.82) is 0 Å². The summed E-state index contributed by atoms with van der Waals surface area (Å²) in [4.78, 5) is 10.4. The van der Waals surface area contributed by atoms with Gasteiger partial charge in [0.05, 0.1) is 22.4 Å². The zero-order chi connectivity index (χ0) is 12.8. The van der Waals surface area contributed by atoms with Gasteiger partial charge in [0.1, 0.15) is 0 Å². The number of hydrogen-bond donors (Lipinski definition) is 1. The molecule has 2 aromatic rings. The first-order chi connectivity index (χ1) is 8.77. The highest BCUT2D eigenvalue weighted by Gasteiger charge is 2.09. The molecule has 2 rings (SSSR count). The third-order valence-corrected chi connectivity index (χ3v) is 2.30. The summed E-state index contributed by atoms with van der Waals surface area (Å²) in [7, 11) is 0. The van der Waals surface area contributed by atoms with E-state index in [9.17, 15) is 10.1 Å². The van der Waals surface area contributed by atoms with Crippen molar-refractivity contribution in [2.45, 2.75) is 0 Å². The molecule has 0 aliphatic carbocycles. The molecular weight excluding hydrogens is 230 g/mol. The van der Waals surface area contributed by atoms with E-state index in [4.69, 9.17) is 0 Å². The molecule has 0 saturated carbocycles. The van der Waals surface area contributed by atoms with E-state index >= 15 is 0 Å². The van der Waals surface area contributed by atoms with Gasteiger partial charge in [-0.1, -0.05) is 30.3 Å². The van der Waals surface area contributed by atoms with Crippen LogP contribution in [0, 0.1) is 10.1 Å². The highest BCUT2D eigenvalue weighted by atomic mass is 16.6. The molecule has 2 aromatic carbocycles. The van der Waals surface area contributed by atoms with Crippen molar-refractivity contribution in [3.63, 3.8) is 0 Å². The van der Waals surface area contributed by atoms with Gasteiger partial charge in [0.15, 0.2) is 0 Å². The third-order valence-electron chi connectivity index (χ3n) is 2.30. The van der Waals surface area contributed by atoms with Crippen LogP contribution in [0.15, 0.2) is 59.7 Å². The predicted octanol–water partition coefficient (Wildman–Crippen LogP) is 3.04. The zero-order valence-corrected chi connectivity index (χ0v) is 9.48. The summed E-state index contributed by atoms with van der Waals surface area (Å²) in [5.74, 6) is 0. The topological polar surface area (TPSA) is 67.5 Å². The lowest BCUT2D eigenvalue weighted by Crippen LogP contribution is -1.95. The number of nitro groups is 1. The lowest BCUT2D eigenvalue weighted by Gasteiger charge is -1.99. The van der Waals surface area contributed by atoms with Crippen molar-refractivity contribution in [1.82, 2.24) is 0 Å². The number of hydrogen-bond acceptors (Lipinski definition) is 4. The molecule has 0 bridgehead atoms. The largest absolute Gasteiger partial charge is 0.279 e. The third kappa shape index (κ3) is 2.91. The Kier molecular flexibility index (Phi) is 3.66. The number of nitrogens with one attached hydrogen (secondary N) is 1. The molecule has 0 saturated heterocycles. The van der Waals surface area contributed by atoms with Crippen molar-refractivity contribution in [3.05, 3.63) is 70.3 Å². The van der Waals surface area contributed by atoms with Gasteiger partial charge in [-0.2, -0.15) is 5.10 Å². The quantitative estimate of drug-likeness (QED) is 0.508.